The minimum absolute atomic E-state index is 0.211. The fourth-order valence-corrected chi connectivity index (χ4v) is 9.51. The van der Waals surface area contributed by atoms with Crippen LogP contribution >= 0.6 is 17.7 Å². The number of aryl methyl sites for hydroxylation is 1. The molecule has 2 N–H and O–H groups in total. The van der Waals surface area contributed by atoms with Crippen molar-refractivity contribution in [3.63, 3.8) is 0 Å². The molecular formula is C25H28N3O7PS. The SMILES string of the molecule is CP(=O)(Sc1ccc(OCCCc2nc(-c3ccc4c(c3)OCO4)no2)cc1)C1(C(N)=O)CCOCC1. The molecule has 1 unspecified atom stereocenters. The minimum Gasteiger partial charge on any atom is -0.494 e. The average molecular weight is 546 g/mol. The summed E-state index contributed by atoms with van der Waals surface area (Å²) in [5.74, 6) is 2.57. The molecule has 12 heteroatoms. The maximum absolute atomic E-state index is 13.6. The second kappa shape index (κ2) is 10.8. The van der Waals surface area contributed by atoms with Crippen molar-refractivity contribution in [3.8, 4) is 28.6 Å². The molecule has 5 rings (SSSR count). The fraction of sp³-hybridized carbons (Fsp3) is 0.400. The highest BCUT2D eigenvalue weighted by Gasteiger charge is 2.51. The van der Waals surface area contributed by atoms with Crippen LogP contribution in [-0.4, -0.2) is 54.5 Å². The lowest BCUT2D eigenvalue weighted by atomic mass is 9.98. The Labute approximate surface area is 218 Å². The van der Waals surface area contributed by atoms with E-state index in [0.717, 1.165) is 10.5 Å². The molecule has 1 fully saturated rings. The van der Waals surface area contributed by atoms with E-state index in [1.165, 1.54) is 11.4 Å². The predicted octanol–water partition coefficient (Wildman–Crippen LogP) is 4.51. The monoisotopic (exact) mass is 545 g/mol. The number of nitrogens with two attached hydrogens (primary N) is 1. The summed E-state index contributed by atoms with van der Waals surface area (Å²) < 4.78 is 40.9. The Morgan fingerprint density at radius 1 is 1.14 bits per heavy atom. The first kappa shape index (κ1) is 25.6. The quantitative estimate of drug-likeness (QED) is 0.286. The van der Waals surface area contributed by atoms with Crippen molar-refractivity contribution < 1.29 is 32.8 Å². The van der Waals surface area contributed by atoms with Crippen molar-refractivity contribution in [2.75, 3.05) is 33.3 Å². The Morgan fingerprint density at radius 3 is 2.65 bits per heavy atom. The molecule has 0 radical (unpaired) electrons. The predicted molar refractivity (Wildman–Crippen MR) is 137 cm³/mol. The first-order chi connectivity index (χ1) is 17.9. The molecular weight excluding hydrogens is 517 g/mol. The van der Waals surface area contributed by atoms with Gasteiger partial charge in [-0.1, -0.05) is 16.5 Å². The van der Waals surface area contributed by atoms with E-state index in [1.807, 2.05) is 42.5 Å². The van der Waals surface area contributed by atoms with Gasteiger partial charge in [-0.25, -0.2) is 0 Å². The van der Waals surface area contributed by atoms with Gasteiger partial charge in [-0.3, -0.25) is 4.79 Å². The number of nitrogens with zero attached hydrogens (tertiary/aromatic N) is 2. The van der Waals surface area contributed by atoms with E-state index in [4.69, 9.17) is 29.2 Å². The van der Waals surface area contributed by atoms with Gasteiger partial charge in [0.05, 0.1) is 6.61 Å². The lowest BCUT2D eigenvalue weighted by molar-refractivity contribution is -0.122. The number of carbonyl (C=O) groups excluding carboxylic acids is 1. The molecule has 2 aliphatic rings. The lowest BCUT2D eigenvalue weighted by Crippen LogP contribution is -2.47. The third kappa shape index (κ3) is 5.49. The third-order valence-corrected chi connectivity index (χ3v) is 12.3. The summed E-state index contributed by atoms with van der Waals surface area (Å²) in [6.45, 7) is 3.09. The van der Waals surface area contributed by atoms with Crippen LogP contribution in [0.3, 0.4) is 0 Å². The van der Waals surface area contributed by atoms with E-state index >= 15 is 0 Å². The normalized spacial score (nSPS) is 17.8. The van der Waals surface area contributed by atoms with Crippen LogP contribution in [0.25, 0.3) is 11.4 Å². The van der Waals surface area contributed by atoms with Crippen LogP contribution in [0.1, 0.15) is 25.2 Å². The summed E-state index contributed by atoms with van der Waals surface area (Å²) in [6.07, 6.45) is -0.977. The summed E-state index contributed by atoms with van der Waals surface area (Å²) in [5, 5.41) is 3.01. The molecule has 0 aliphatic carbocycles. The van der Waals surface area contributed by atoms with E-state index < -0.39 is 17.4 Å². The number of fused-ring (bicyclic) bond motifs is 1. The zero-order valence-electron chi connectivity index (χ0n) is 20.4. The lowest BCUT2D eigenvalue weighted by Gasteiger charge is -2.38. The summed E-state index contributed by atoms with van der Waals surface area (Å²) >= 11 is 1.22. The molecule has 0 bridgehead atoms. The van der Waals surface area contributed by atoms with Gasteiger partial charge >= 0.3 is 0 Å². The topological polar surface area (TPSA) is 136 Å². The highest BCUT2D eigenvalue weighted by Crippen LogP contribution is 2.70. The van der Waals surface area contributed by atoms with Gasteiger partial charge in [0.1, 0.15) is 10.9 Å². The largest absolute Gasteiger partial charge is 0.494 e. The van der Waals surface area contributed by atoms with Crippen LogP contribution in [0.4, 0.5) is 0 Å². The zero-order valence-corrected chi connectivity index (χ0v) is 22.1. The van der Waals surface area contributed by atoms with E-state index in [-0.39, 0.29) is 6.79 Å². The van der Waals surface area contributed by atoms with Crippen molar-refractivity contribution in [3.05, 3.63) is 48.4 Å². The Bertz CT molecular complexity index is 1310. The van der Waals surface area contributed by atoms with Gasteiger partial charge in [0.15, 0.2) is 17.8 Å². The molecule has 196 valence electrons. The van der Waals surface area contributed by atoms with Crippen LogP contribution in [-0.2, 0) is 20.5 Å². The van der Waals surface area contributed by atoms with Gasteiger partial charge in [0.25, 0.3) is 0 Å². The number of carbonyl (C=O) groups is 1. The van der Waals surface area contributed by atoms with Crippen LogP contribution in [0.5, 0.6) is 17.2 Å². The summed E-state index contributed by atoms with van der Waals surface area (Å²) in [6, 6.07) is 12.9. The molecule has 1 atom stereocenters. The van der Waals surface area contributed by atoms with Crippen molar-refractivity contribution in [1.82, 2.24) is 10.1 Å². The number of primary amides is 1. The van der Waals surface area contributed by atoms with Gasteiger partial charge in [0.2, 0.25) is 24.4 Å². The maximum Gasteiger partial charge on any atom is 0.232 e. The number of aromatic nitrogens is 2. The molecule has 0 saturated carbocycles. The molecule has 1 amide bonds. The van der Waals surface area contributed by atoms with Crippen molar-refractivity contribution in [1.29, 1.82) is 0 Å². The number of hydrogen-bond donors (Lipinski definition) is 1. The van der Waals surface area contributed by atoms with Crippen molar-refractivity contribution in [2.45, 2.75) is 35.7 Å². The Hall–Kier alpha value is -3.01. The first-order valence-electron chi connectivity index (χ1n) is 12.0. The van der Waals surface area contributed by atoms with E-state index in [2.05, 4.69) is 10.1 Å². The molecule has 37 heavy (non-hydrogen) atoms. The van der Waals surface area contributed by atoms with Gasteiger partial charge in [0, 0.05) is 30.1 Å². The molecule has 0 spiro atoms. The number of ether oxygens (including phenoxy) is 4. The fourth-order valence-electron chi connectivity index (χ4n) is 4.37. The van der Waals surface area contributed by atoms with Gasteiger partial charge in [-0.15, -0.1) is 0 Å². The standard InChI is InChI=1S/C25H28N3O7PS/c1-36(30,25(24(26)29)10-13-31-14-11-25)37-19-7-5-18(6-8-19)32-12-2-3-22-27-23(28-35-22)17-4-9-20-21(15-17)34-16-33-20/h4-9,15H,2-3,10-14,16H2,1H3,(H2,26,29). The van der Waals surface area contributed by atoms with Crippen molar-refractivity contribution in [2.24, 2.45) is 5.73 Å². The Kier molecular flexibility index (Phi) is 7.46. The van der Waals surface area contributed by atoms with Gasteiger partial charge < -0.3 is 33.8 Å². The second-order valence-corrected chi connectivity index (χ2v) is 14.8. The minimum atomic E-state index is -2.99. The Morgan fingerprint density at radius 2 is 1.89 bits per heavy atom. The molecule has 10 nitrogen and oxygen atoms in total. The first-order valence-corrected chi connectivity index (χ1v) is 15.5. The van der Waals surface area contributed by atoms with Gasteiger partial charge in [-0.2, -0.15) is 4.98 Å². The smallest absolute Gasteiger partial charge is 0.232 e. The zero-order chi connectivity index (χ0) is 25.9. The summed E-state index contributed by atoms with van der Waals surface area (Å²) in [5.41, 5.74) is 6.50. The number of benzene rings is 2. The number of hydrogen-bond acceptors (Lipinski definition) is 10. The maximum atomic E-state index is 13.6. The van der Waals surface area contributed by atoms with E-state index in [9.17, 15) is 9.36 Å². The molecule has 2 aromatic carbocycles. The van der Waals surface area contributed by atoms with E-state index in [1.54, 1.807) is 6.66 Å². The van der Waals surface area contributed by atoms with Crippen LogP contribution < -0.4 is 19.9 Å². The number of rotatable bonds is 10. The van der Waals surface area contributed by atoms with Gasteiger partial charge in [-0.05, 0) is 68.4 Å². The van der Waals surface area contributed by atoms with E-state index in [0.29, 0.717) is 74.5 Å². The average Bonchev–Trinajstić information content (AvgIpc) is 3.57. The molecule has 3 heterocycles. The second-order valence-electron chi connectivity index (χ2n) is 8.95. The summed E-state index contributed by atoms with van der Waals surface area (Å²) in [7, 11) is 0. The highest BCUT2D eigenvalue weighted by molar-refractivity contribution is 8.58. The van der Waals surface area contributed by atoms with Crippen LogP contribution in [0, 0.1) is 0 Å². The number of amides is 1. The Balaban J connectivity index is 1.11. The van der Waals surface area contributed by atoms with Crippen LogP contribution in [0.15, 0.2) is 51.9 Å². The molecule has 3 aromatic rings. The molecule has 1 aromatic heterocycles. The van der Waals surface area contributed by atoms with Crippen LogP contribution in [0.2, 0.25) is 0 Å². The third-order valence-electron chi connectivity index (χ3n) is 6.56. The molecule has 1 saturated heterocycles. The summed E-state index contributed by atoms with van der Waals surface area (Å²) in [4.78, 5) is 17.5. The highest BCUT2D eigenvalue weighted by atomic mass is 32.7. The molecule has 2 aliphatic heterocycles. The van der Waals surface area contributed by atoms with Crippen molar-refractivity contribution >= 4 is 23.6 Å².